The van der Waals surface area contributed by atoms with Crippen molar-refractivity contribution in [2.24, 2.45) is 5.73 Å². The van der Waals surface area contributed by atoms with Crippen LogP contribution in [-0.2, 0) is 4.79 Å². The second kappa shape index (κ2) is 5.54. The van der Waals surface area contributed by atoms with Crippen molar-refractivity contribution in [3.8, 4) is 11.1 Å². The smallest absolute Gasteiger partial charge is 0.241 e. The van der Waals surface area contributed by atoms with Gasteiger partial charge in [0.25, 0.3) is 0 Å². The molecule has 3 N–H and O–H groups in total. The quantitative estimate of drug-likeness (QED) is 0.573. The van der Waals surface area contributed by atoms with Crippen LogP contribution < -0.4 is 5.73 Å². The van der Waals surface area contributed by atoms with E-state index in [9.17, 15) is 4.79 Å². The Morgan fingerprint density at radius 2 is 2.18 bits per heavy atom. The number of primary amides is 1. The average molecular weight is 288 g/mol. The van der Waals surface area contributed by atoms with E-state index in [4.69, 9.17) is 12.3 Å². The fraction of sp³-hybridized carbons (Fsp3) is 0. The standard InChI is InChI=1S/C17H12N4O/c1-19-14-4-2-3-11(7-14)13-8-15-12(5-6-16(18)22)9-20-17(15)21-10-13/h2-10H,(H2,18,22)(H,20,21)/b6-5+. The predicted octanol–water partition coefficient (Wildman–Crippen LogP) is 3.28. The van der Waals surface area contributed by atoms with E-state index in [1.807, 2.05) is 24.3 Å². The molecular weight excluding hydrogens is 276 g/mol. The van der Waals surface area contributed by atoms with E-state index in [2.05, 4.69) is 14.8 Å². The number of carbonyl (C=O) groups excluding carboxylic acids is 1. The van der Waals surface area contributed by atoms with E-state index < -0.39 is 5.91 Å². The minimum Gasteiger partial charge on any atom is -0.366 e. The first-order valence-corrected chi connectivity index (χ1v) is 6.60. The normalized spacial score (nSPS) is 10.9. The zero-order chi connectivity index (χ0) is 15.5. The maximum Gasteiger partial charge on any atom is 0.241 e. The summed E-state index contributed by atoms with van der Waals surface area (Å²) in [6.07, 6.45) is 6.50. The predicted molar refractivity (Wildman–Crippen MR) is 86.0 cm³/mol. The third kappa shape index (κ3) is 2.58. The highest BCUT2D eigenvalue weighted by atomic mass is 16.1. The third-order valence-electron chi connectivity index (χ3n) is 3.30. The average Bonchev–Trinajstić information content (AvgIpc) is 2.95. The SMILES string of the molecule is [C-]#[N+]c1cccc(-c2cnc3[nH]cc(/C=C/C(N)=O)c3c2)c1. The molecule has 3 rings (SSSR count). The van der Waals surface area contributed by atoms with Gasteiger partial charge in [0.05, 0.1) is 6.57 Å². The Labute approximate surface area is 126 Å². The van der Waals surface area contributed by atoms with Crippen molar-refractivity contribution in [2.45, 2.75) is 0 Å². The number of fused-ring (bicyclic) bond motifs is 1. The molecule has 0 bridgehead atoms. The van der Waals surface area contributed by atoms with Gasteiger partial charge in [0.2, 0.25) is 5.91 Å². The zero-order valence-electron chi connectivity index (χ0n) is 11.6. The van der Waals surface area contributed by atoms with Gasteiger partial charge in [-0.15, -0.1) is 0 Å². The van der Waals surface area contributed by atoms with E-state index in [0.29, 0.717) is 5.69 Å². The van der Waals surface area contributed by atoms with Crippen LogP contribution in [0.5, 0.6) is 0 Å². The monoisotopic (exact) mass is 288 g/mol. The van der Waals surface area contributed by atoms with Crippen LogP contribution in [0.1, 0.15) is 5.56 Å². The van der Waals surface area contributed by atoms with Crippen LogP contribution in [0.25, 0.3) is 33.1 Å². The molecule has 0 radical (unpaired) electrons. The minimum absolute atomic E-state index is 0.497. The summed E-state index contributed by atoms with van der Waals surface area (Å²) in [7, 11) is 0. The molecule has 0 aliphatic heterocycles. The molecule has 106 valence electrons. The number of rotatable bonds is 3. The number of H-pyrrole nitrogens is 1. The topological polar surface area (TPSA) is 76.1 Å². The van der Waals surface area contributed by atoms with Gasteiger partial charge in [-0.1, -0.05) is 18.2 Å². The molecule has 5 heteroatoms. The van der Waals surface area contributed by atoms with Gasteiger partial charge in [-0.2, -0.15) is 0 Å². The highest BCUT2D eigenvalue weighted by Gasteiger charge is 2.06. The van der Waals surface area contributed by atoms with Crippen LogP contribution in [0, 0.1) is 6.57 Å². The lowest BCUT2D eigenvalue weighted by atomic mass is 10.0. The fourth-order valence-corrected chi connectivity index (χ4v) is 2.25. The first-order chi connectivity index (χ1) is 10.7. The summed E-state index contributed by atoms with van der Waals surface area (Å²) in [4.78, 5) is 21.7. The Kier molecular flexibility index (Phi) is 3.42. The van der Waals surface area contributed by atoms with Crippen LogP contribution in [-0.4, -0.2) is 15.9 Å². The van der Waals surface area contributed by atoms with Crippen LogP contribution in [0.2, 0.25) is 0 Å². The van der Waals surface area contributed by atoms with Crippen molar-refractivity contribution in [1.82, 2.24) is 9.97 Å². The third-order valence-corrected chi connectivity index (χ3v) is 3.30. The van der Waals surface area contributed by atoms with Gasteiger partial charge < -0.3 is 10.7 Å². The Bertz CT molecular complexity index is 931. The Balaban J connectivity index is 2.10. The Morgan fingerprint density at radius 3 is 2.95 bits per heavy atom. The largest absolute Gasteiger partial charge is 0.366 e. The summed E-state index contributed by atoms with van der Waals surface area (Å²) in [6, 6.07) is 9.34. The van der Waals surface area contributed by atoms with E-state index in [1.54, 1.807) is 24.5 Å². The lowest BCUT2D eigenvalue weighted by Gasteiger charge is -2.02. The second-order valence-corrected chi connectivity index (χ2v) is 4.76. The number of amides is 1. The van der Waals surface area contributed by atoms with Gasteiger partial charge >= 0.3 is 0 Å². The molecule has 22 heavy (non-hydrogen) atoms. The molecule has 0 aliphatic carbocycles. The second-order valence-electron chi connectivity index (χ2n) is 4.76. The zero-order valence-corrected chi connectivity index (χ0v) is 11.6. The number of pyridine rings is 1. The molecule has 2 aromatic heterocycles. The van der Waals surface area contributed by atoms with Gasteiger partial charge in [0, 0.05) is 29.4 Å². The lowest BCUT2D eigenvalue weighted by Crippen LogP contribution is -2.04. The first-order valence-electron chi connectivity index (χ1n) is 6.60. The van der Waals surface area contributed by atoms with Crippen LogP contribution >= 0.6 is 0 Å². The van der Waals surface area contributed by atoms with Crippen LogP contribution in [0.3, 0.4) is 0 Å². The number of nitrogens with one attached hydrogen (secondary N) is 1. The maximum atomic E-state index is 10.9. The fourth-order valence-electron chi connectivity index (χ4n) is 2.25. The highest BCUT2D eigenvalue weighted by Crippen LogP contribution is 2.27. The molecule has 0 spiro atoms. The summed E-state index contributed by atoms with van der Waals surface area (Å²) in [5, 5.41) is 0.892. The van der Waals surface area contributed by atoms with Gasteiger partial charge in [-0.25, -0.2) is 9.83 Å². The molecule has 1 aromatic carbocycles. The van der Waals surface area contributed by atoms with Crippen molar-refractivity contribution in [3.63, 3.8) is 0 Å². The van der Waals surface area contributed by atoms with Gasteiger partial charge in [-0.05, 0) is 29.3 Å². The first kappa shape index (κ1) is 13.6. The van der Waals surface area contributed by atoms with E-state index in [0.717, 1.165) is 27.7 Å². The number of aromatic amines is 1. The van der Waals surface area contributed by atoms with Crippen LogP contribution in [0.4, 0.5) is 5.69 Å². The van der Waals surface area contributed by atoms with Crippen molar-refractivity contribution in [2.75, 3.05) is 0 Å². The number of hydrogen-bond donors (Lipinski definition) is 2. The summed E-state index contributed by atoms with van der Waals surface area (Å²) in [6.45, 7) is 7.09. The van der Waals surface area contributed by atoms with Crippen molar-refractivity contribution >= 4 is 28.7 Å². The molecule has 1 amide bonds. The molecule has 0 fully saturated rings. The maximum absolute atomic E-state index is 10.9. The Hall–Kier alpha value is -3.39. The lowest BCUT2D eigenvalue weighted by molar-refractivity contribution is -0.113. The van der Waals surface area contributed by atoms with Crippen molar-refractivity contribution < 1.29 is 4.79 Å². The molecule has 0 saturated heterocycles. The summed E-state index contributed by atoms with van der Waals surface area (Å²) >= 11 is 0. The van der Waals surface area contributed by atoms with E-state index in [1.165, 1.54) is 6.08 Å². The molecule has 2 heterocycles. The summed E-state index contributed by atoms with van der Waals surface area (Å²) in [5.41, 5.74) is 9.11. The van der Waals surface area contributed by atoms with Gasteiger partial charge in [0.1, 0.15) is 5.65 Å². The van der Waals surface area contributed by atoms with E-state index >= 15 is 0 Å². The van der Waals surface area contributed by atoms with Crippen molar-refractivity contribution in [3.05, 3.63) is 65.8 Å². The molecule has 0 unspecified atom stereocenters. The number of benzene rings is 1. The minimum atomic E-state index is -0.497. The molecule has 0 saturated carbocycles. The number of hydrogen-bond acceptors (Lipinski definition) is 2. The molecule has 0 aliphatic rings. The van der Waals surface area contributed by atoms with E-state index in [-0.39, 0.29) is 0 Å². The number of nitrogens with zero attached hydrogens (tertiary/aromatic N) is 2. The molecule has 3 aromatic rings. The summed E-state index contributed by atoms with van der Waals surface area (Å²) in [5.74, 6) is -0.497. The Morgan fingerprint density at radius 1 is 1.32 bits per heavy atom. The summed E-state index contributed by atoms with van der Waals surface area (Å²) < 4.78 is 0. The molecule has 0 atom stereocenters. The number of nitrogens with two attached hydrogens (primary N) is 1. The van der Waals surface area contributed by atoms with Gasteiger partial charge in [-0.3, -0.25) is 4.79 Å². The number of carbonyl (C=O) groups is 1. The van der Waals surface area contributed by atoms with Crippen molar-refractivity contribution in [1.29, 1.82) is 0 Å². The molecule has 5 nitrogen and oxygen atoms in total. The van der Waals surface area contributed by atoms with Crippen LogP contribution in [0.15, 0.2) is 48.8 Å². The highest BCUT2D eigenvalue weighted by molar-refractivity contribution is 5.95. The molecular formula is C17H12N4O. The van der Waals surface area contributed by atoms with Gasteiger partial charge in [0.15, 0.2) is 5.69 Å². The number of aromatic nitrogens is 2.